The predicted octanol–water partition coefficient (Wildman–Crippen LogP) is 2.66. The molecule has 6 heteroatoms. The van der Waals surface area contributed by atoms with Gasteiger partial charge in [-0.2, -0.15) is 0 Å². The van der Waals surface area contributed by atoms with Crippen molar-refractivity contribution in [1.29, 1.82) is 0 Å². The molecule has 0 aliphatic carbocycles. The molecular weight excluding hydrogens is 272 g/mol. The van der Waals surface area contributed by atoms with Gasteiger partial charge in [0.2, 0.25) is 0 Å². The number of anilines is 1. The highest BCUT2D eigenvalue weighted by Crippen LogP contribution is 2.17. The first-order valence-electron chi connectivity index (χ1n) is 6.79. The second-order valence-electron chi connectivity index (χ2n) is 5.23. The molecule has 1 rings (SSSR count). The largest absolute Gasteiger partial charge is 0.482 e. The van der Waals surface area contributed by atoms with E-state index in [1.165, 1.54) is 0 Å². The third-order valence-corrected chi connectivity index (χ3v) is 3.36. The number of rotatable bonds is 6. The zero-order valence-corrected chi connectivity index (χ0v) is 12.8. The number of ether oxygens (including phenoxy) is 1. The number of amides is 2. The van der Waals surface area contributed by atoms with Crippen LogP contribution in [0.3, 0.4) is 0 Å². The Morgan fingerprint density at radius 3 is 2.29 bits per heavy atom. The minimum Gasteiger partial charge on any atom is -0.482 e. The first-order chi connectivity index (χ1) is 9.81. The minimum absolute atomic E-state index is 0.128. The van der Waals surface area contributed by atoms with E-state index in [0.717, 1.165) is 0 Å². The van der Waals surface area contributed by atoms with Crippen molar-refractivity contribution in [2.24, 2.45) is 5.92 Å². The van der Waals surface area contributed by atoms with E-state index in [4.69, 9.17) is 9.84 Å². The standard InChI is InChI=1S/C15H22N2O4/c1-10(2)11(3)17(4)15(20)16-12-5-7-13(8-6-12)21-9-14(18)19/h5-8,10-11H,9H2,1-4H3,(H,16,20)(H,18,19). The Bertz CT molecular complexity index is 485. The molecule has 0 heterocycles. The van der Waals surface area contributed by atoms with Gasteiger partial charge in [0.05, 0.1) is 0 Å². The van der Waals surface area contributed by atoms with E-state index in [2.05, 4.69) is 19.2 Å². The fourth-order valence-corrected chi connectivity index (χ4v) is 1.62. The predicted molar refractivity (Wildman–Crippen MR) is 80.7 cm³/mol. The summed E-state index contributed by atoms with van der Waals surface area (Å²) in [6.07, 6.45) is 0. The fraction of sp³-hybridized carbons (Fsp3) is 0.467. The van der Waals surface area contributed by atoms with Gasteiger partial charge in [-0.3, -0.25) is 0 Å². The number of carbonyl (C=O) groups excluding carboxylic acids is 1. The van der Waals surface area contributed by atoms with Gasteiger partial charge in [-0.1, -0.05) is 13.8 Å². The summed E-state index contributed by atoms with van der Waals surface area (Å²) in [7, 11) is 1.75. The zero-order valence-electron chi connectivity index (χ0n) is 12.8. The van der Waals surface area contributed by atoms with E-state index in [0.29, 0.717) is 17.4 Å². The van der Waals surface area contributed by atoms with Gasteiger partial charge in [0.1, 0.15) is 5.75 Å². The molecule has 0 fully saturated rings. The molecule has 1 unspecified atom stereocenters. The number of carboxylic acid groups (broad SMARTS) is 1. The van der Waals surface area contributed by atoms with E-state index >= 15 is 0 Å². The monoisotopic (exact) mass is 294 g/mol. The second-order valence-corrected chi connectivity index (χ2v) is 5.23. The van der Waals surface area contributed by atoms with Crippen molar-refractivity contribution < 1.29 is 19.4 Å². The number of urea groups is 1. The molecule has 0 aliphatic heterocycles. The zero-order chi connectivity index (χ0) is 16.0. The summed E-state index contributed by atoms with van der Waals surface area (Å²) in [5.74, 6) is -0.219. The summed E-state index contributed by atoms with van der Waals surface area (Å²) < 4.78 is 5.02. The van der Waals surface area contributed by atoms with Crippen LogP contribution in [-0.4, -0.2) is 41.7 Å². The van der Waals surface area contributed by atoms with Crippen LogP contribution < -0.4 is 10.1 Å². The van der Waals surface area contributed by atoms with Gasteiger partial charge < -0.3 is 20.1 Å². The fourth-order valence-electron chi connectivity index (χ4n) is 1.62. The molecule has 0 aromatic heterocycles. The van der Waals surface area contributed by atoms with Gasteiger partial charge in [-0.15, -0.1) is 0 Å². The maximum absolute atomic E-state index is 12.1. The molecule has 0 saturated heterocycles. The van der Waals surface area contributed by atoms with Crippen LogP contribution in [0.1, 0.15) is 20.8 Å². The molecule has 6 nitrogen and oxygen atoms in total. The smallest absolute Gasteiger partial charge is 0.341 e. The van der Waals surface area contributed by atoms with Gasteiger partial charge in [0.25, 0.3) is 0 Å². The third kappa shape index (κ3) is 5.33. The number of nitrogens with zero attached hydrogens (tertiary/aromatic N) is 1. The molecule has 1 aromatic carbocycles. The Morgan fingerprint density at radius 2 is 1.81 bits per heavy atom. The summed E-state index contributed by atoms with van der Waals surface area (Å²) in [5, 5.41) is 11.3. The lowest BCUT2D eigenvalue weighted by Crippen LogP contribution is -2.40. The Labute approximate surface area is 124 Å². The Balaban J connectivity index is 2.59. The van der Waals surface area contributed by atoms with Crippen LogP contribution in [0.5, 0.6) is 5.75 Å². The van der Waals surface area contributed by atoms with Gasteiger partial charge in [0.15, 0.2) is 6.61 Å². The quantitative estimate of drug-likeness (QED) is 0.845. The molecule has 2 amide bonds. The Hall–Kier alpha value is -2.24. The Morgan fingerprint density at radius 1 is 1.24 bits per heavy atom. The number of carboxylic acids is 1. The topological polar surface area (TPSA) is 78.9 Å². The van der Waals surface area contributed by atoms with Crippen molar-refractivity contribution in [3.8, 4) is 5.75 Å². The third-order valence-electron chi connectivity index (χ3n) is 3.36. The molecule has 1 atom stereocenters. The van der Waals surface area contributed by atoms with Crippen molar-refractivity contribution in [3.63, 3.8) is 0 Å². The van der Waals surface area contributed by atoms with Crippen molar-refractivity contribution in [3.05, 3.63) is 24.3 Å². The molecule has 0 bridgehead atoms. The molecule has 116 valence electrons. The number of aliphatic carboxylic acids is 1. The van der Waals surface area contributed by atoms with Crippen LogP contribution in [0.25, 0.3) is 0 Å². The summed E-state index contributed by atoms with van der Waals surface area (Å²) in [6, 6.07) is 6.51. The number of benzene rings is 1. The van der Waals surface area contributed by atoms with Crippen LogP contribution in [-0.2, 0) is 4.79 Å². The van der Waals surface area contributed by atoms with Crippen molar-refractivity contribution in [1.82, 2.24) is 4.90 Å². The molecular formula is C15H22N2O4. The second kappa shape index (κ2) is 7.52. The maximum atomic E-state index is 12.1. The van der Waals surface area contributed by atoms with Crippen LogP contribution in [0.4, 0.5) is 10.5 Å². The SMILES string of the molecule is CC(C)C(C)N(C)C(=O)Nc1ccc(OCC(=O)O)cc1. The maximum Gasteiger partial charge on any atom is 0.341 e. The van der Waals surface area contributed by atoms with Crippen molar-refractivity contribution >= 4 is 17.7 Å². The number of hydrogen-bond donors (Lipinski definition) is 2. The van der Waals surface area contributed by atoms with Gasteiger partial charge in [-0.25, -0.2) is 9.59 Å². The lowest BCUT2D eigenvalue weighted by molar-refractivity contribution is -0.139. The summed E-state index contributed by atoms with van der Waals surface area (Å²) in [6.45, 7) is 5.72. The normalized spacial score (nSPS) is 11.9. The van der Waals surface area contributed by atoms with E-state index < -0.39 is 5.97 Å². The highest BCUT2D eigenvalue weighted by molar-refractivity contribution is 5.89. The summed E-state index contributed by atoms with van der Waals surface area (Å²) in [4.78, 5) is 24.1. The highest BCUT2D eigenvalue weighted by atomic mass is 16.5. The molecule has 0 aliphatic rings. The average molecular weight is 294 g/mol. The molecule has 21 heavy (non-hydrogen) atoms. The molecule has 0 spiro atoms. The van der Waals surface area contributed by atoms with E-state index in [1.54, 1.807) is 36.2 Å². The van der Waals surface area contributed by atoms with Gasteiger partial charge in [-0.05, 0) is 37.1 Å². The Kier molecular flexibility index (Phi) is 6.02. The minimum atomic E-state index is -1.03. The van der Waals surface area contributed by atoms with E-state index in [1.807, 2.05) is 6.92 Å². The van der Waals surface area contributed by atoms with Gasteiger partial charge in [0, 0.05) is 18.8 Å². The lowest BCUT2D eigenvalue weighted by atomic mass is 10.1. The lowest BCUT2D eigenvalue weighted by Gasteiger charge is -2.28. The first-order valence-corrected chi connectivity index (χ1v) is 6.79. The van der Waals surface area contributed by atoms with Gasteiger partial charge >= 0.3 is 12.0 Å². The molecule has 2 N–H and O–H groups in total. The number of carbonyl (C=O) groups is 2. The molecule has 0 saturated carbocycles. The molecule has 1 aromatic rings. The van der Waals surface area contributed by atoms with E-state index in [9.17, 15) is 9.59 Å². The van der Waals surface area contributed by atoms with E-state index in [-0.39, 0.29) is 18.7 Å². The average Bonchev–Trinajstić information content (AvgIpc) is 2.44. The van der Waals surface area contributed by atoms with Crippen LogP contribution in [0, 0.1) is 5.92 Å². The van der Waals surface area contributed by atoms with Crippen LogP contribution in [0.15, 0.2) is 24.3 Å². The van der Waals surface area contributed by atoms with Crippen molar-refractivity contribution in [2.45, 2.75) is 26.8 Å². The van der Waals surface area contributed by atoms with Crippen LogP contribution in [0.2, 0.25) is 0 Å². The van der Waals surface area contributed by atoms with Crippen molar-refractivity contribution in [2.75, 3.05) is 19.0 Å². The summed E-state index contributed by atoms with van der Waals surface area (Å²) in [5.41, 5.74) is 0.630. The molecule has 0 radical (unpaired) electrons. The first kappa shape index (κ1) is 16.8. The number of nitrogens with one attached hydrogen (secondary N) is 1. The van der Waals surface area contributed by atoms with Crippen LogP contribution >= 0.6 is 0 Å². The summed E-state index contributed by atoms with van der Waals surface area (Å²) >= 11 is 0. The highest BCUT2D eigenvalue weighted by Gasteiger charge is 2.18. The number of hydrogen-bond acceptors (Lipinski definition) is 3.